The van der Waals surface area contributed by atoms with Crippen molar-refractivity contribution in [3.05, 3.63) is 52.6 Å². The summed E-state index contributed by atoms with van der Waals surface area (Å²) in [6.45, 7) is 4.96. The van der Waals surface area contributed by atoms with Crippen molar-refractivity contribution in [1.29, 1.82) is 0 Å². The second kappa shape index (κ2) is 5.52. The third-order valence-corrected chi connectivity index (χ3v) is 3.29. The van der Waals surface area contributed by atoms with Gasteiger partial charge in [-0.3, -0.25) is 5.84 Å². The number of aromatic nitrogens is 2. The number of hydrazine groups is 1. The minimum absolute atomic E-state index is 0.128. The third kappa shape index (κ3) is 2.41. The minimum Gasteiger partial charge on any atom is -0.334 e. The predicted molar refractivity (Wildman–Crippen MR) is 73.3 cm³/mol. The molecule has 0 aliphatic carbocycles. The summed E-state index contributed by atoms with van der Waals surface area (Å²) in [4.78, 5) is 4.39. The van der Waals surface area contributed by atoms with Gasteiger partial charge in [0.1, 0.15) is 11.9 Å². The molecule has 0 saturated carbocycles. The van der Waals surface area contributed by atoms with Crippen LogP contribution in [0.3, 0.4) is 0 Å². The zero-order valence-electron chi connectivity index (χ0n) is 10.5. The Balaban J connectivity index is 2.45. The average Bonchev–Trinajstić information content (AvgIpc) is 2.81. The number of imidazole rings is 1. The van der Waals surface area contributed by atoms with E-state index in [4.69, 9.17) is 17.4 Å². The van der Waals surface area contributed by atoms with Crippen LogP contribution in [0.25, 0.3) is 0 Å². The van der Waals surface area contributed by atoms with Crippen molar-refractivity contribution in [2.75, 3.05) is 0 Å². The van der Waals surface area contributed by atoms with Crippen molar-refractivity contribution >= 4 is 11.6 Å². The van der Waals surface area contributed by atoms with E-state index in [0.717, 1.165) is 28.5 Å². The van der Waals surface area contributed by atoms with Crippen LogP contribution >= 0.6 is 11.6 Å². The fraction of sp³-hybridized carbons (Fsp3) is 0.308. The van der Waals surface area contributed by atoms with Crippen LogP contribution in [-0.2, 0) is 6.54 Å². The van der Waals surface area contributed by atoms with Gasteiger partial charge in [-0.1, -0.05) is 17.7 Å². The average molecular weight is 265 g/mol. The first-order valence-corrected chi connectivity index (χ1v) is 6.28. The highest BCUT2D eigenvalue weighted by Gasteiger charge is 2.19. The van der Waals surface area contributed by atoms with Gasteiger partial charge in [-0.2, -0.15) is 0 Å². The standard InChI is InChI=1S/C13H17ClN4/c1-3-18-7-6-16-13(18)12(17-15)11-5-4-10(14)8-9(11)2/h4-8,12,17H,3,15H2,1-2H3. The monoisotopic (exact) mass is 264 g/mol. The quantitative estimate of drug-likeness (QED) is 0.659. The molecule has 2 rings (SSSR count). The summed E-state index contributed by atoms with van der Waals surface area (Å²) in [5.74, 6) is 6.60. The number of hydrogen-bond acceptors (Lipinski definition) is 3. The highest BCUT2D eigenvalue weighted by Crippen LogP contribution is 2.25. The molecule has 1 heterocycles. The molecular weight excluding hydrogens is 248 g/mol. The molecule has 2 aromatic rings. The van der Waals surface area contributed by atoms with Crippen molar-refractivity contribution in [2.24, 2.45) is 5.84 Å². The lowest BCUT2D eigenvalue weighted by Gasteiger charge is -2.19. The van der Waals surface area contributed by atoms with Crippen molar-refractivity contribution in [2.45, 2.75) is 26.4 Å². The van der Waals surface area contributed by atoms with Gasteiger partial charge in [0.2, 0.25) is 0 Å². The Labute approximate surface area is 112 Å². The van der Waals surface area contributed by atoms with Crippen LogP contribution in [0.2, 0.25) is 5.02 Å². The zero-order valence-corrected chi connectivity index (χ0v) is 11.3. The van der Waals surface area contributed by atoms with E-state index in [1.807, 2.05) is 31.3 Å². The van der Waals surface area contributed by atoms with Gasteiger partial charge in [0.15, 0.2) is 0 Å². The van der Waals surface area contributed by atoms with Gasteiger partial charge in [0, 0.05) is 24.0 Å². The summed E-state index contributed by atoms with van der Waals surface area (Å²) in [7, 11) is 0. The molecule has 4 nitrogen and oxygen atoms in total. The van der Waals surface area contributed by atoms with Crippen LogP contribution in [0.4, 0.5) is 0 Å². The van der Waals surface area contributed by atoms with E-state index in [2.05, 4.69) is 21.9 Å². The van der Waals surface area contributed by atoms with Crippen molar-refractivity contribution < 1.29 is 0 Å². The van der Waals surface area contributed by atoms with Gasteiger partial charge in [0.05, 0.1) is 0 Å². The van der Waals surface area contributed by atoms with Gasteiger partial charge in [-0.05, 0) is 37.1 Å². The molecule has 18 heavy (non-hydrogen) atoms. The van der Waals surface area contributed by atoms with Crippen LogP contribution in [0, 0.1) is 6.92 Å². The molecule has 3 N–H and O–H groups in total. The molecular formula is C13H17ClN4. The van der Waals surface area contributed by atoms with Crippen LogP contribution < -0.4 is 11.3 Å². The fourth-order valence-electron chi connectivity index (χ4n) is 2.11. The maximum atomic E-state index is 5.98. The van der Waals surface area contributed by atoms with Gasteiger partial charge < -0.3 is 4.57 Å². The second-order valence-corrected chi connectivity index (χ2v) is 4.61. The summed E-state index contributed by atoms with van der Waals surface area (Å²) in [6.07, 6.45) is 3.74. The van der Waals surface area contributed by atoms with E-state index < -0.39 is 0 Å². The maximum Gasteiger partial charge on any atom is 0.131 e. The van der Waals surface area contributed by atoms with Crippen LogP contribution in [-0.4, -0.2) is 9.55 Å². The number of nitrogens with zero attached hydrogens (tertiary/aromatic N) is 2. The Kier molecular flexibility index (Phi) is 4.01. The lowest BCUT2D eigenvalue weighted by atomic mass is 10.0. The van der Waals surface area contributed by atoms with Gasteiger partial charge in [-0.15, -0.1) is 0 Å². The molecule has 1 aromatic carbocycles. The van der Waals surface area contributed by atoms with E-state index in [0.29, 0.717) is 0 Å². The molecule has 96 valence electrons. The van der Waals surface area contributed by atoms with Crippen molar-refractivity contribution in [1.82, 2.24) is 15.0 Å². The van der Waals surface area contributed by atoms with Crippen molar-refractivity contribution in [3.8, 4) is 0 Å². The Morgan fingerprint density at radius 2 is 2.28 bits per heavy atom. The number of halogens is 1. The molecule has 0 saturated heterocycles. The number of aryl methyl sites for hydroxylation is 2. The highest BCUT2D eigenvalue weighted by atomic mass is 35.5. The lowest BCUT2D eigenvalue weighted by Crippen LogP contribution is -2.31. The molecule has 0 aliphatic rings. The molecule has 5 heteroatoms. The first kappa shape index (κ1) is 13.1. The molecule has 0 fully saturated rings. The largest absolute Gasteiger partial charge is 0.334 e. The number of nitrogens with one attached hydrogen (secondary N) is 1. The van der Waals surface area contributed by atoms with Crippen molar-refractivity contribution in [3.63, 3.8) is 0 Å². The molecule has 0 spiro atoms. The zero-order chi connectivity index (χ0) is 13.1. The van der Waals surface area contributed by atoms with Crippen LogP contribution in [0.5, 0.6) is 0 Å². The number of benzene rings is 1. The van der Waals surface area contributed by atoms with Gasteiger partial charge in [-0.25, -0.2) is 10.4 Å². The van der Waals surface area contributed by atoms with E-state index in [1.54, 1.807) is 6.20 Å². The number of rotatable bonds is 4. The Morgan fingerprint density at radius 1 is 1.50 bits per heavy atom. The first-order valence-electron chi connectivity index (χ1n) is 5.90. The number of nitrogens with two attached hydrogens (primary N) is 1. The summed E-state index contributed by atoms with van der Waals surface area (Å²) in [6, 6.07) is 5.65. The molecule has 0 amide bonds. The van der Waals surface area contributed by atoms with Crippen LogP contribution in [0.15, 0.2) is 30.6 Å². The van der Waals surface area contributed by atoms with E-state index >= 15 is 0 Å². The highest BCUT2D eigenvalue weighted by molar-refractivity contribution is 6.30. The van der Waals surface area contributed by atoms with Gasteiger partial charge in [0.25, 0.3) is 0 Å². The summed E-state index contributed by atoms with van der Waals surface area (Å²) in [5, 5.41) is 0.728. The third-order valence-electron chi connectivity index (χ3n) is 3.06. The topological polar surface area (TPSA) is 55.9 Å². The molecule has 1 unspecified atom stereocenters. The Morgan fingerprint density at radius 3 is 2.89 bits per heavy atom. The Hall–Kier alpha value is -1.36. The van der Waals surface area contributed by atoms with E-state index in [9.17, 15) is 0 Å². The predicted octanol–water partition coefficient (Wildman–Crippen LogP) is 2.42. The number of hydrogen-bond donors (Lipinski definition) is 2. The summed E-state index contributed by atoms with van der Waals surface area (Å²) in [5.41, 5.74) is 5.01. The molecule has 1 aromatic heterocycles. The first-order chi connectivity index (χ1) is 8.67. The minimum atomic E-state index is -0.128. The normalized spacial score (nSPS) is 12.7. The SMILES string of the molecule is CCn1ccnc1C(NN)c1ccc(Cl)cc1C. The maximum absolute atomic E-state index is 5.98. The van der Waals surface area contributed by atoms with E-state index in [1.165, 1.54) is 0 Å². The summed E-state index contributed by atoms with van der Waals surface area (Å²) >= 11 is 5.98. The summed E-state index contributed by atoms with van der Waals surface area (Å²) < 4.78 is 2.07. The lowest BCUT2D eigenvalue weighted by molar-refractivity contribution is 0.559. The smallest absolute Gasteiger partial charge is 0.131 e. The van der Waals surface area contributed by atoms with Crippen LogP contribution in [0.1, 0.15) is 29.9 Å². The van der Waals surface area contributed by atoms with E-state index in [-0.39, 0.29) is 6.04 Å². The van der Waals surface area contributed by atoms with Gasteiger partial charge >= 0.3 is 0 Å². The molecule has 1 atom stereocenters. The fourth-order valence-corrected chi connectivity index (χ4v) is 2.34. The second-order valence-electron chi connectivity index (χ2n) is 4.17. The molecule has 0 radical (unpaired) electrons. The molecule has 0 aliphatic heterocycles. The molecule has 0 bridgehead atoms. The Bertz CT molecular complexity index is 536.